The Morgan fingerprint density at radius 3 is 2.81 bits per heavy atom. The number of amides is 1. The van der Waals surface area contributed by atoms with Crippen molar-refractivity contribution in [3.8, 4) is 11.3 Å². The van der Waals surface area contributed by atoms with E-state index >= 15 is 0 Å². The van der Waals surface area contributed by atoms with Gasteiger partial charge in [-0.1, -0.05) is 59.8 Å². The van der Waals surface area contributed by atoms with Gasteiger partial charge in [-0.15, -0.1) is 21.5 Å². The summed E-state index contributed by atoms with van der Waals surface area (Å²) in [6, 6.07) is 17.1. The second kappa shape index (κ2) is 9.95. The van der Waals surface area contributed by atoms with Crippen LogP contribution in [0.25, 0.3) is 11.3 Å². The maximum Gasteiger partial charge on any atom is 0.234 e. The lowest BCUT2D eigenvalue weighted by molar-refractivity contribution is -0.113. The monoisotopic (exact) mass is 470 g/mol. The third-order valence-electron chi connectivity index (χ3n) is 4.34. The van der Waals surface area contributed by atoms with Gasteiger partial charge in [-0.3, -0.25) is 4.79 Å². The van der Waals surface area contributed by atoms with Crippen molar-refractivity contribution in [2.45, 2.75) is 11.7 Å². The summed E-state index contributed by atoms with van der Waals surface area (Å²) in [6.07, 6.45) is 0. The van der Waals surface area contributed by atoms with Crippen LogP contribution in [0.1, 0.15) is 5.82 Å². The first kappa shape index (κ1) is 21.4. The molecule has 2 aromatic heterocycles. The highest BCUT2D eigenvalue weighted by atomic mass is 35.5. The normalized spacial score (nSPS) is 10.8. The zero-order chi connectivity index (χ0) is 21.6. The summed E-state index contributed by atoms with van der Waals surface area (Å²) in [5.74, 6) is 0.846. The molecule has 0 saturated heterocycles. The van der Waals surface area contributed by atoms with Crippen LogP contribution in [-0.2, 0) is 18.4 Å². The van der Waals surface area contributed by atoms with Crippen molar-refractivity contribution in [1.29, 1.82) is 0 Å². The molecule has 0 radical (unpaired) electrons. The molecular weight excluding hydrogens is 452 g/mol. The van der Waals surface area contributed by atoms with Crippen LogP contribution in [0.2, 0.25) is 5.02 Å². The summed E-state index contributed by atoms with van der Waals surface area (Å²) in [4.78, 5) is 16.8. The summed E-state index contributed by atoms with van der Waals surface area (Å²) in [5, 5.41) is 18.6. The molecule has 0 spiro atoms. The van der Waals surface area contributed by atoms with Crippen LogP contribution in [0, 0.1) is 0 Å². The predicted octanol–water partition coefficient (Wildman–Crippen LogP) is 4.93. The number of nitrogens with one attached hydrogen (secondary N) is 2. The van der Waals surface area contributed by atoms with Gasteiger partial charge in [0, 0.05) is 28.7 Å². The molecule has 4 rings (SSSR count). The average molecular weight is 471 g/mol. The minimum atomic E-state index is -0.133. The molecule has 4 aromatic rings. The summed E-state index contributed by atoms with van der Waals surface area (Å²) >= 11 is 8.81. The van der Waals surface area contributed by atoms with Crippen molar-refractivity contribution >= 4 is 51.4 Å². The van der Waals surface area contributed by atoms with Gasteiger partial charge < -0.3 is 15.2 Å². The van der Waals surface area contributed by atoms with E-state index in [9.17, 15) is 4.79 Å². The van der Waals surface area contributed by atoms with Gasteiger partial charge in [-0.05, 0) is 18.2 Å². The number of carbonyl (C=O) groups excluding carboxylic acids is 1. The van der Waals surface area contributed by atoms with Gasteiger partial charge in [-0.2, -0.15) is 0 Å². The van der Waals surface area contributed by atoms with Gasteiger partial charge in [0.05, 0.1) is 18.0 Å². The lowest BCUT2D eigenvalue weighted by Gasteiger charge is -2.06. The van der Waals surface area contributed by atoms with Crippen LogP contribution < -0.4 is 10.6 Å². The van der Waals surface area contributed by atoms with Crippen LogP contribution in [0.3, 0.4) is 0 Å². The molecule has 0 bridgehead atoms. The summed E-state index contributed by atoms with van der Waals surface area (Å²) in [5.41, 5.74) is 2.69. The van der Waals surface area contributed by atoms with Gasteiger partial charge in [0.15, 0.2) is 16.1 Å². The van der Waals surface area contributed by atoms with Crippen LogP contribution in [0.15, 0.2) is 65.1 Å². The molecule has 0 atom stereocenters. The zero-order valence-electron chi connectivity index (χ0n) is 16.6. The second-order valence-corrected chi connectivity index (χ2v) is 8.80. The van der Waals surface area contributed by atoms with Crippen molar-refractivity contribution in [3.05, 3.63) is 70.8 Å². The van der Waals surface area contributed by atoms with Gasteiger partial charge in [0.2, 0.25) is 5.91 Å². The third-order valence-corrected chi connectivity index (χ3v) is 6.39. The fourth-order valence-corrected chi connectivity index (χ4v) is 4.41. The number of carbonyl (C=O) groups is 1. The highest BCUT2D eigenvalue weighted by Gasteiger charge is 2.12. The number of thiazole rings is 1. The van der Waals surface area contributed by atoms with Crippen molar-refractivity contribution in [2.75, 3.05) is 16.4 Å². The van der Waals surface area contributed by atoms with E-state index in [2.05, 4.69) is 25.8 Å². The second-order valence-electron chi connectivity index (χ2n) is 6.56. The number of halogens is 1. The Hall–Kier alpha value is -2.88. The molecule has 31 heavy (non-hydrogen) atoms. The standard InChI is InChI=1S/C21H19ClN6OS2/c1-28-18(11-23-20-25-17(12-30-20)14-6-3-2-4-7-14)26-27-21(28)31-13-19(29)24-16-9-5-8-15(22)10-16/h2-10,12H,11,13H2,1H3,(H,23,25)(H,24,29). The van der Waals surface area contributed by atoms with E-state index in [-0.39, 0.29) is 11.7 Å². The molecule has 0 saturated carbocycles. The van der Waals surface area contributed by atoms with Crippen LogP contribution >= 0.6 is 34.7 Å². The van der Waals surface area contributed by atoms with E-state index in [1.54, 1.807) is 35.6 Å². The minimum absolute atomic E-state index is 0.133. The van der Waals surface area contributed by atoms with E-state index in [4.69, 9.17) is 11.6 Å². The topological polar surface area (TPSA) is 84.7 Å². The smallest absolute Gasteiger partial charge is 0.234 e. The number of benzene rings is 2. The number of rotatable bonds is 8. The van der Waals surface area contributed by atoms with E-state index in [1.165, 1.54) is 11.8 Å². The Kier molecular flexibility index (Phi) is 6.86. The van der Waals surface area contributed by atoms with Gasteiger partial charge >= 0.3 is 0 Å². The molecular formula is C21H19ClN6OS2. The Bertz CT molecular complexity index is 1180. The maximum atomic E-state index is 12.2. The first-order valence-electron chi connectivity index (χ1n) is 9.40. The van der Waals surface area contributed by atoms with Crippen molar-refractivity contribution in [1.82, 2.24) is 19.7 Å². The molecule has 0 aliphatic rings. The Morgan fingerprint density at radius 2 is 2.00 bits per heavy atom. The van der Waals surface area contributed by atoms with Crippen LogP contribution in [-0.4, -0.2) is 31.4 Å². The van der Waals surface area contributed by atoms with E-state index in [1.807, 2.05) is 47.3 Å². The number of hydrogen-bond donors (Lipinski definition) is 2. The number of anilines is 2. The number of thioether (sulfide) groups is 1. The molecule has 0 aliphatic heterocycles. The zero-order valence-corrected chi connectivity index (χ0v) is 19.0. The molecule has 0 unspecified atom stereocenters. The molecule has 1 amide bonds. The highest BCUT2D eigenvalue weighted by Crippen LogP contribution is 2.25. The van der Waals surface area contributed by atoms with Crippen molar-refractivity contribution in [3.63, 3.8) is 0 Å². The van der Waals surface area contributed by atoms with Crippen LogP contribution in [0.5, 0.6) is 0 Å². The largest absolute Gasteiger partial charge is 0.354 e. The number of aromatic nitrogens is 4. The third kappa shape index (κ3) is 5.63. The molecule has 7 nitrogen and oxygen atoms in total. The van der Waals surface area contributed by atoms with E-state index < -0.39 is 0 Å². The van der Waals surface area contributed by atoms with Crippen molar-refractivity contribution < 1.29 is 4.79 Å². The first-order valence-corrected chi connectivity index (χ1v) is 11.6. The fourth-order valence-electron chi connectivity index (χ4n) is 2.77. The summed E-state index contributed by atoms with van der Waals surface area (Å²) in [7, 11) is 1.88. The fraction of sp³-hybridized carbons (Fsp3) is 0.143. The molecule has 2 aromatic carbocycles. The minimum Gasteiger partial charge on any atom is -0.354 e. The van der Waals surface area contributed by atoms with Crippen molar-refractivity contribution in [2.24, 2.45) is 7.05 Å². The number of nitrogens with zero attached hydrogens (tertiary/aromatic N) is 4. The summed E-state index contributed by atoms with van der Waals surface area (Å²) < 4.78 is 1.87. The van der Waals surface area contributed by atoms with Gasteiger partial charge in [0.25, 0.3) is 0 Å². The maximum absolute atomic E-state index is 12.2. The lowest BCUT2D eigenvalue weighted by atomic mass is 10.2. The Morgan fingerprint density at radius 1 is 1.16 bits per heavy atom. The SMILES string of the molecule is Cn1c(CNc2nc(-c3ccccc3)cs2)nnc1SCC(=O)Nc1cccc(Cl)c1. The molecule has 10 heteroatoms. The Labute approximate surface area is 192 Å². The average Bonchev–Trinajstić information content (AvgIpc) is 3.38. The predicted molar refractivity (Wildman–Crippen MR) is 127 cm³/mol. The van der Waals surface area contributed by atoms with Gasteiger partial charge in [-0.25, -0.2) is 4.98 Å². The molecule has 2 heterocycles. The molecule has 158 valence electrons. The first-order chi connectivity index (χ1) is 15.1. The van der Waals surface area contributed by atoms with E-state index in [0.29, 0.717) is 22.4 Å². The van der Waals surface area contributed by atoms with E-state index in [0.717, 1.165) is 22.2 Å². The lowest BCUT2D eigenvalue weighted by Crippen LogP contribution is -2.14. The Balaban J connectivity index is 1.30. The summed E-state index contributed by atoms with van der Waals surface area (Å²) in [6.45, 7) is 0.487. The highest BCUT2D eigenvalue weighted by molar-refractivity contribution is 7.99. The molecule has 2 N–H and O–H groups in total. The van der Waals surface area contributed by atoms with Crippen LogP contribution in [0.4, 0.5) is 10.8 Å². The number of hydrogen-bond acceptors (Lipinski definition) is 7. The molecule has 0 fully saturated rings. The quantitative estimate of drug-likeness (QED) is 0.355. The van der Waals surface area contributed by atoms with Gasteiger partial charge in [0.1, 0.15) is 0 Å². The molecule has 0 aliphatic carbocycles.